The van der Waals surface area contributed by atoms with Crippen LogP contribution in [0.2, 0.25) is 5.02 Å². The third kappa shape index (κ3) is 5.00. The van der Waals surface area contributed by atoms with E-state index >= 15 is 0 Å². The van der Waals surface area contributed by atoms with Gasteiger partial charge in [-0.3, -0.25) is 9.59 Å². The van der Waals surface area contributed by atoms with Crippen molar-refractivity contribution in [2.24, 2.45) is 0 Å². The lowest BCUT2D eigenvalue weighted by Crippen LogP contribution is -2.48. The Balaban J connectivity index is 1.38. The van der Waals surface area contributed by atoms with Crippen molar-refractivity contribution in [3.05, 3.63) is 93.7 Å². The summed E-state index contributed by atoms with van der Waals surface area (Å²) in [6.07, 6.45) is 3.22. The second-order valence-electron chi connectivity index (χ2n) is 6.94. The smallest absolute Gasteiger partial charge is 0.292 e. The summed E-state index contributed by atoms with van der Waals surface area (Å²) >= 11 is 7.91. The molecule has 8 heteroatoms. The second kappa shape index (κ2) is 9.85. The van der Waals surface area contributed by atoms with Gasteiger partial charge in [-0.15, -0.1) is 0 Å². The van der Waals surface area contributed by atoms with Crippen molar-refractivity contribution in [1.82, 2.24) is 14.7 Å². The van der Waals surface area contributed by atoms with E-state index in [-0.39, 0.29) is 16.5 Å². The number of carbonyl (C=O) groups is 1. The molecule has 6 nitrogen and oxygen atoms in total. The highest BCUT2D eigenvalue weighted by Gasteiger charge is 2.23. The zero-order valence-electron chi connectivity index (χ0n) is 16.7. The molecular weight excluding hydrogens is 432 g/mol. The Labute approximate surface area is 189 Å². The zero-order chi connectivity index (χ0) is 21.6. The number of amides is 1. The van der Waals surface area contributed by atoms with Gasteiger partial charge in [0.25, 0.3) is 5.56 Å². The van der Waals surface area contributed by atoms with Gasteiger partial charge in [-0.2, -0.15) is 9.78 Å². The maximum Gasteiger partial charge on any atom is 0.292 e. The van der Waals surface area contributed by atoms with Gasteiger partial charge in [-0.25, -0.2) is 0 Å². The molecule has 1 saturated heterocycles. The van der Waals surface area contributed by atoms with Crippen molar-refractivity contribution in [3.63, 3.8) is 0 Å². The summed E-state index contributed by atoms with van der Waals surface area (Å²) in [6, 6.07) is 19.1. The topological polar surface area (TPSA) is 58.4 Å². The van der Waals surface area contributed by atoms with Gasteiger partial charge in [0.1, 0.15) is 5.02 Å². The Bertz CT molecular complexity index is 1130. The van der Waals surface area contributed by atoms with Crippen LogP contribution in [0.15, 0.2) is 88.0 Å². The van der Waals surface area contributed by atoms with Gasteiger partial charge in [0.05, 0.1) is 17.6 Å². The summed E-state index contributed by atoms with van der Waals surface area (Å²) in [7, 11) is 0. The van der Waals surface area contributed by atoms with Crippen molar-refractivity contribution in [1.29, 1.82) is 0 Å². The number of hydrogen-bond acceptors (Lipinski definition) is 5. The molecule has 2 heterocycles. The van der Waals surface area contributed by atoms with Crippen molar-refractivity contribution in [2.45, 2.75) is 4.90 Å². The van der Waals surface area contributed by atoms with E-state index in [1.54, 1.807) is 29.3 Å². The van der Waals surface area contributed by atoms with E-state index in [1.165, 1.54) is 16.4 Å². The molecule has 1 amide bonds. The highest BCUT2D eigenvalue weighted by Crippen LogP contribution is 2.23. The number of nitrogens with zero attached hydrogens (tertiary/aromatic N) is 4. The van der Waals surface area contributed by atoms with Gasteiger partial charge in [0.15, 0.2) is 0 Å². The van der Waals surface area contributed by atoms with E-state index in [4.69, 9.17) is 11.6 Å². The predicted octanol–water partition coefficient (Wildman–Crippen LogP) is 3.84. The third-order valence-electron chi connectivity index (χ3n) is 4.99. The fourth-order valence-electron chi connectivity index (χ4n) is 3.34. The van der Waals surface area contributed by atoms with E-state index in [0.29, 0.717) is 37.6 Å². The second-order valence-corrected chi connectivity index (χ2v) is 8.30. The Kier molecular flexibility index (Phi) is 6.74. The van der Waals surface area contributed by atoms with Crippen molar-refractivity contribution >= 4 is 35.0 Å². The number of benzene rings is 2. The lowest BCUT2D eigenvalue weighted by molar-refractivity contribution is -0.126. The van der Waals surface area contributed by atoms with Crippen LogP contribution in [0.1, 0.15) is 0 Å². The maximum atomic E-state index is 12.7. The minimum absolute atomic E-state index is 0.0215. The molecule has 0 bridgehead atoms. The molecule has 0 unspecified atom stereocenters. The average molecular weight is 453 g/mol. The molecule has 0 radical (unpaired) electrons. The van der Waals surface area contributed by atoms with Crippen LogP contribution >= 0.6 is 23.4 Å². The highest BCUT2D eigenvalue weighted by molar-refractivity contribution is 8.02. The molecule has 1 aromatic heterocycles. The summed E-state index contributed by atoms with van der Waals surface area (Å²) in [5.74, 6) is -0.0215. The van der Waals surface area contributed by atoms with Crippen molar-refractivity contribution < 1.29 is 4.79 Å². The van der Waals surface area contributed by atoms with Crippen LogP contribution < -0.4 is 10.5 Å². The number of carbonyl (C=O) groups excluding carboxylic acids is 1. The summed E-state index contributed by atoms with van der Waals surface area (Å²) in [5, 5.41) is 6.24. The van der Waals surface area contributed by atoms with Crippen molar-refractivity contribution in [2.75, 3.05) is 31.1 Å². The Morgan fingerprint density at radius 2 is 1.61 bits per heavy atom. The number of halogens is 1. The molecule has 0 saturated carbocycles. The van der Waals surface area contributed by atoms with E-state index in [1.807, 2.05) is 58.8 Å². The van der Waals surface area contributed by atoms with E-state index in [0.717, 1.165) is 4.90 Å². The molecule has 2 aromatic carbocycles. The molecule has 31 heavy (non-hydrogen) atoms. The van der Waals surface area contributed by atoms with Crippen LogP contribution in [-0.4, -0.2) is 46.8 Å². The molecule has 0 spiro atoms. The Morgan fingerprint density at radius 1 is 0.968 bits per heavy atom. The number of para-hydroxylation sites is 1. The van der Waals surface area contributed by atoms with Gasteiger partial charge in [-0.05, 0) is 29.7 Å². The molecule has 4 rings (SSSR count). The lowest BCUT2D eigenvalue weighted by Gasteiger charge is -2.35. The highest BCUT2D eigenvalue weighted by atomic mass is 35.5. The van der Waals surface area contributed by atoms with Crippen LogP contribution in [0, 0.1) is 0 Å². The summed E-state index contributed by atoms with van der Waals surface area (Å²) in [6.45, 7) is 2.28. The quantitative estimate of drug-likeness (QED) is 0.435. The normalized spacial score (nSPS) is 14.2. The monoisotopic (exact) mass is 452 g/mol. The van der Waals surface area contributed by atoms with Gasteiger partial charge in [-0.1, -0.05) is 59.8 Å². The first-order valence-electron chi connectivity index (χ1n) is 9.89. The number of thioether (sulfide) groups is 1. The first kappa shape index (κ1) is 21.2. The van der Waals surface area contributed by atoms with Gasteiger partial charge in [0, 0.05) is 37.2 Å². The van der Waals surface area contributed by atoms with Crippen LogP contribution in [0.3, 0.4) is 0 Å². The standard InChI is InChI=1S/C23H21ClN4O2S/c24-22-20(17-25-28(23(22)30)18-7-3-1-4-8-18)26-12-14-27(15-13-26)21(29)11-16-31-19-9-5-2-6-10-19/h1-11,16-17H,12-15H2. The SMILES string of the molecule is O=C(C=CSc1ccccc1)N1CCN(c2cnn(-c3ccccc3)c(=O)c2Cl)CC1. The van der Waals surface area contributed by atoms with Gasteiger partial charge < -0.3 is 9.80 Å². The molecule has 0 N–H and O–H groups in total. The maximum absolute atomic E-state index is 12.7. The molecule has 158 valence electrons. The van der Waals surface area contributed by atoms with Gasteiger partial charge in [0.2, 0.25) is 5.91 Å². The van der Waals surface area contributed by atoms with Crippen LogP contribution in [0.4, 0.5) is 5.69 Å². The number of anilines is 1. The van der Waals surface area contributed by atoms with Crippen LogP contribution in [0.5, 0.6) is 0 Å². The minimum atomic E-state index is -0.357. The first-order chi connectivity index (χ1) is 15.1. The molecule has 0 atom stereocenters. The first-order valence-corrected chi connectivity index (χ1v) is 11.1. The molecule has 3 aromatic rings. The number of hydrogen-bond donors (Lipinski definition) is 0. The Hall–Kier alpha value is -3.03. The molecule has 1 aliphatic heterocycles. The number of rotatable bonds is 5. The molecule has 1 aliphatic rings. The predicted molar refractivity (Wildman–Crippen MR) is 125 cm³/mol. The Morgan fingerprint density at radius 3 is 2.29 bits per heavy atom. The molecular formula is C23H21ClN4O2S. The average Bonchev–Trinajstić information content (AvgIpc) is 2.82. The lowest BCUT2D eigenvalue weighted by atomic mass is 10.2. The third-order valence-corrected chi connectivity index (χ3v) is 6.16. The fourth-order valence-corrected chi connectivity index (χ4v) is 4.24. The summed E-state index contributed by atoms with van der Waals surface area (Å²) in [5.41, 5.74) is 0.905. The van der Waals surface area contributed by atoms with Crippen LogP contribution in [0.25, 0.3) is 5.69 Å². The van der Waals surface area contributed by atoms with Crippen molar-refractivity contribution in [3.8, 4) is 5.69 Å². The van der Waals surface area contributed by atoms with E-state index in [2.05, 4.69) is 5.10 Å². The minimum Gasteiger partial charge on any atom is -0.365 e. The summed E-state index contributed by atoms with van der Waals surface area (Å²) < 4.78 is 1.29. The largest absolute Gasteiger partial charge is 0.365 e. The zero-order valence-corrected chi connectivity index (χ0v) is 18.3. The number of aromatic nitrogens is 2. The fraction of sp³-hybridized carbons (Fsp3) is 0.174. The van der Waals surface area contributed by atoms with E-state index < -0.39 is 0 Å². The van der Waals surface area contributed by atoms with Gasteiger partial charge >= 0.3 is 0 Å². The van der Waals surface area contributed by atoms with E-state index in [9.17, 15) is 9.59 Å². The summed E-state index contributed by atoms with van der Waals surface area (Å²) in [4.78, 5) is 30.1. The van der Waals surface area contributed by atoms with Crippen LogP contribution in [-0.2, 0) is 4.79 Å². The molecule has 0 aliphatic carbocycles. The number of piperazine rings is 1. The molecule has 1 fully saturated rings.